The highest BCUT2D eigenvalue weighted by atomic mass is 35.5. The molecule has 0 bridgehead atoms. The van der Waals surface area contributed by atoms with E-state index in [1.54, 1.807) is 6.92 Å². The summed E-state index contributed by atoms with van der Waals surface area (Å²) in [6, 6.07) is 1.20. The van der Waals surface area contributed by atoms with Crippen molar-refractivity contribution >= 4 is 29.2 Å². The summed E-state index contributed by atoms with van der Waals surface area (Å²) in [5, 5.41) is 0.0784. The van der Waals surface area contributed by atoms with Crippen LogP contribution in [0.5, 0.6) is 0 Å². The highest BCUT2D eigenvalue weighted by Crippen LogP contribution is 2.29. The first-order valence-corrected chi connectivity index (χ1v) is 4.47. The first-order valence-electron chi connectivity index (χ1n) is 3.71. The average molecular weight is 237 g/mol. The maximum Gasteiger partial charge on any atom is 0.340 e. The topological polar surface area (TPSA) is 26.3 Å². The standard InChI is InChI=1S/C9H7Cl2FO2/c1-4-6(10)3-5(9(13)14-2)8(12)7(4)11/h3H,1-2H3. The summed E-state index contributed by atoms with van der Waals surface area (Å²) >= 11 is 11.4. The Kier molecular flexibility index (Phi) is 3.34. The van der Waals surface area contributed by atoms with Crippen LogP contribution in [0.1, 0.15) is 15.9 Å². The Morgan fingerprint density at radius 2 is 2.07 bits per heavy atom. The van der Waals surface area contributed by atoms with Crippen molar-refractivity contribution in [3.63, 3.8) is 0 Å². The zero-order chi connectivity index (χ0) is 10.9. The third-order valence-corrected chi connectivity index (χ3v) is 2.63. The number of carbonyl (C=O) groups excluding carboxylic acids is 1. The second-order valence-corrected chi connectivity index (χ2v) is 3.44. The summed E-state index contributed by atoms with van der Waals surface area (Å²) in [4.78, 5) is 11.1. The number of halogens is 3. The van der Waals surface area contributed by atoms with Crippen molar-refractivity contribution in [2.24, 2.45) is 0 Å². The predicted octanol–water partition coefficient (Wildman–Crippen LogP) is 3.23. The van der Waals surface area contributed by atoms with Crippen LogP contribution in [0.15, 0.2) is 6.07 Å². The minimum absolute atomic E-state index is 0.155. The third kappa shape index (κ3) is 1.83. The molecule has 2 nitrogen and oxygen atoms in total. The van der Waals surface area contributed by atoms with E-state index in [2.05, 4.69) is 4.74 Å². The van der Waals surface area contributed by atoms with Crippen LogP contribution in [0.25, 0.3) is 0 Å². The molecule has 1 aromatic carbocycles. The highest BCUT2D eigenvalue weighted by Gasteiger charge is 2.18. The number of esters is 1. The van der Waals surface area contributed by atoms with Gasteiger partial charge in [0.15, 0.2) is 5.82 Å². The molecule has 0 radical (unpaired) electrons. The van der Waals surface area contributed by atoms with Crippen LogP contribution < -0.4 is 0 Å². The van der Waals surface area contributed by atoms with Crippen molar-refractivity contribution < 1.29 is 13.9 Å². The second kappa shape index (κ2) is 4.15. The van der Waals surface area contributed by atoms with E-state index in [0.29, 0.717) is 5.56 Å². The number of methoxy groups -OCH3 is 1. The Bertz CT molecular complexity index is 391. The van der Waals surface area contributed by atoms with E-state index in [4.69, 9.17) is 23.2 Å². The van der Waals surface area contributed by atoms with Crippen molar-refractivity contribution in [3.05, 3.63) is 33.1 Å². The van der Waals surface area contributed by atoms with Gasteiger partial charge in [0.1, 0.15) is 0 Å². The van der Waals surface area contributed by atoms with Crippen LogP contribution in [0.4, 0.5) is 4.39 Å². The molecule has 0 atom stereocenters. The number of carbonyl (C=O) groups is 1. The molecule has 1 rings (SSSR count). The van der Waals surface area contributed by atoms with E-state index in [0.717, 1.165) is 7.11 Å². The van der Waals surface area contributed by atoms with Gasteiger partial charge in [-0.15, -0.1) is 0 Å². The fourth-order valence-corrected chi connectivity index (χ4v) is 1.40. The van der Waals surface area contributed by atoms with E-state index >= 15 is 0 Å². The molecule has 0 aliphatic carbocycles. The SMILES string of the molecule is COC(=O)c1cc(Cl)c(C)c(Cl)c1F. The maximum absolute atomic E-state index is 13.4. The highest BCUT2D eigenvalue weighted by molar-refractivity contribution is 6.36. The van der Waals surface area contributed by atoms with Gasteiger partial charge in [0.2, 0.25) is 0 Å². The minimum Gasteiger partial charge on any atom is -0.465 e. The Hall–Kier alpha value is -0.800. The Morgan fingerprint density at radius 1 is 1.50 bits per heavy atom. The first-order chi connectivity index (χ1) is 6.49. The van der Waals surface area contributed by atoms with Crippen LogP contribution in [-0.4, -0.2) is 13.1 Å². The molecule has 0 aliphatic heterocycles. The van der Waals surface area contributed by atoms with Gasteiger partial charge in [0, 0.05) is 5.02 Å². The number of ether oxygens (including phenoxy) is 1. The fraction of sp³-hybridized carbons (Fsp3) is 0.222. The van der Waals surface area contributed by atoms with E-state index in [1.165, 1.54) is 6.07 Å². The van der Waals surface area contributed by atoms with E-state index in [-0.39, 0.29) is 15.6 Å². The zero-order valence-electron chi connectivity index (χ0n) is 7.53. The molecule has 5 heteroatoms. The molecule has 0 heterocycles. The first kappa shape index (κ1) is 11.3. The van der Waals surface area contributed by atoms with Gasteiger partial charge in [-0.25, -0.2) is 9.18 Å². The summed E-state index contributed by atoms with van der Waals surface area (Å²) in [5.74, 6) is -1.60. The molecule has 0 fully saturated rings. The zero-order valence-corrected chi connectivity index (χ0v) is 9.04. The lowest BCUT2D eigenvalue weighted by Crippen LogP contribution is -2.05. The van der Waals surface area contributed by atoms with E-state index < -0.39 is 11.8 Å². The quantitative estimate of drug-likeness (QED) is 0.553. The van der Waals surface area contributed by atoms with Crippen LogP contribution in [0.3, 0.4) is 0 Å². The molecule has 0 aromatic heterocycles. The number of hydrogen-bond donors (Lipinski definition) is 0. The monoisotopic (exact) mass is 236 g/mol. The fourth-order valence-electron chi connectivity index (χ4n) is 0.945. The van der Waals surface area contributed by atoms with Crippen molar-refractivity contribution in [2.75, 3.05) is 7.11 Å². The van der Waals surface area contributed by atoms with E-state index in [1.807, 2.05) is 0 Å². The van der Waals surface area contributed by atoms with Gasteiger partial charge < -0.3 is 4.74 Å². The molecule has 0 aliphatic rings. The molecular weight excluding hydrogens is 230 g/mol. The van der Waals surface area contributed by atoms with Crippen LogP contribution >= 0.6 is 23.2 Å². The van der Waals surface area contributed by atoms with Gasteiger partial charge in [-0.2, -0.15) is 0 Å². The van der Waals surface area contributed by atoms with Crippen LogP contribution in [0.2, 0.25) is 10.0 Å². The summed E-state index contributed by atoms with van der Waals surface area (Å²) in [5.41, 5.74) is 0.145. The maximum atomic E-state index is 13.4. The van der Waals surface area contributed by atoms with Gasteiger partial charge in [-0.3, -0.25) is 0 Å². The summed E-state index contributed by atoms with van der Waals surface area (Å²) in [7, 11) is 1.16. The molecule has 0 spiro atoms. The van der Waals surface area contributed by atoms with Crippen molar-refractivity contribution in [1.82, 2.24) is 0 Å². The molecule has 0 saturated carbocycles. The van der Waals surface area contributed by atoms with Gasteiger partial charge in [0.25, 0.3) is 0 Å². The third-order valence-electron chi connectivity index (χ3n) is 1.79. The Morgan fingerprint density at radius 3 is 2.57 bits per heavy atom. The Labute approximate surface area is 90.6 Å². The van der Waals surface area contributed by atoms with E-state index in [9.17, 15) is 9.18 Å². The van der Waals surface area contributed by atoms with Gasteiger partial charge >= 0.3 is 5.97 Å². The van der Waals surface area contributed by atoms with Crippen molar-refractivity contribution in [1.29, 1.82) is 0 Å². The molecule has 0 amide bonds. The normalized spacial score (nSPS) is 10.1. The van der Waals surface area contributed by atoms with Gasteiger partial charge in [0.05, 0.1) is 17.7 Å². The van der Waals surface area contributed by atoms with Crippen LogP contribution in [-0.2, 0) is 4.74 Å². The van der Waals surface area contributed by atoms with Gasteiger partial charge in [-0.05, 0) is 18.6 Å². The van der Waals surface area contributed by atoms with Gasteiger partial charge in [-0.1, -0.05) is 23.2 Å². The molecule has 0 saturated heterocycles. The molecule has 0 N–H and O–H groups in total. The molecule has 76 valence electrons. The minimum atomic E-state index is -0.805. The predicted molar refractivity (Wildman–Crippen MR) is 52.5 cm³/mol. The lowest BCUT2D eigenvalue weighted by atomic mass is 10.1. The summed E-state index contributed by atoms with van der Waals surface area (Å²) in [6.07, 6.45) is 0. The summed E-state index contributed by atoms with van der Waals surface area (Å²) < 4.78 is 17.8. The lowest BCUT2D eigenvalue weighted by molar-refractivity contribution is 0.0595. The smallest absolute Gasteiger partial charge is 0.340 e. The summed E-state index contributed by atoms with van der Waals surface area (Å²) in [6.45, 7) is 1.56. The Balaban J connectivity index is 3.40. The largest absolute Gasteiger partial charge is 0.465 e. The van der Waals surface area contributed by atoms with Crippen molar-refractivity contribution in [2.45, 2.75) is 6.92 Å². The number of benzene rings is 1. The average Bonchev–Trinajstić information content (AvgIpc) is 2.19. The second-order valence-electron chi connectivity index (χ2n) is 2.65. The number of rotatable bonds is 1. The van der Waals surface area contributed by atoms with Crippen molar-refractivity contribution in [3.8, 4) is 0 Å². The molecule has 0 unspecified atom stereocenters. The number of hydrogen-bond acceptors (Lipinski definition) is 2. The molecule has 1 aromatic rings. The molecular formula is C9H7Cl2FO2. The lowest BCUT2D eigenvalue weighted by Gasteiger charge is -2.06. The van der Waals surface area contributed by atoms with Crippen LogP contribution in [0, 0.1) is 12.7 Å². The molecule has 14 heavy (non-hydrogen) atoms.